The van der Waals surface area contributed by atoms with Gasteiger partial charge < -0.3 is 5.32 Å². The Morgan fingerprint density at radius 2 is 1.77 bits per heavy atom. The van der Waals surface area contributed by atoms with Gasteiger partial charge in [0.2, 0.25) is 5.91 Å². The second kappa shape index (κ2) is 5.44. The van der Waals surface area contributed by atoms with Gasteiger partial charge >= 0.3 is 0 Å². The average Bonchev–Trinajstić information content (AvgIpc) is 2.77. The van der Waals surface area contributed by atoms with Crippen molar-refractivity contribution < 1.29 is 14.4 Å². The summed E-state index contributed by atoms with van der Waals surface area (Å²) in [6, 6.07) is 12.5. The number of benzene rings is 2. The van der Waals surface area contributed by atoms with Crippen LogP contribution in [-0.2, 0) is 11.2 Å². The minimum Gasteiger partial charge on any atom is -0.325 e. The molecule has 3 amide bonds. The molecule has 5 nitrogen and oxygen atoms in total. The first-order valence-corrected chi connectivity index (χ1v) is 6.88. The molecule has 1 aliphatic rings. The van der Waals surface area contributed by atoms with Crippen LogP contribution in [0.15, 0.2) is 42.5 Å². The minimum absolute atomic E-state index is 0.208. The van der Waals surface area contributed by atoms with Gasteiger partial charge in [-0.2, -0.15) is 0 Å². The van der Waals surface area contributed by atoms with E-state index < -0.39 is 11.8 Å². The molecule has 1 aliphatic heterocycles. The number of aryl methyl sites for hydroxylation is 1. The summed E-state index contributed by atoms with van der Waals surface area (Å²) >= 11 is 0. The molecule has 0 unspecified atom stereocenters. The predicted molar refractivity (Wildman–Crippen MR) is 81.8 cm³/mol. The van der Waals surface area contributed by atoms with Crippen LogP contribution in [0, 0.1) is 6.92 Å². The maximum atomic E-state index is 12.1. The quantitative estimate of drug-likeness (QED) is 0.851. The number of carbonyl (C=O) groups is 3. The predicted octanol–water partition coefficient (Wildman–Crippen LogP) is 2.06. The Morgan fingerprint density at radius 1 is 1.05 bits per heavy atom. The van der Waals surface area contributed by atoms with Crippen LogP contribution in [0.1, 0.15) is 31.8 Å². The van der Waals surface area contributed by atoms with Gasteiger partial charge in [0, 0.05) is 0 Å². The molecule has 0 aliphatic carbocycles. The number of fused-ring (bicyclic) bond motifs is 1. The van der Waals surface area contributed by atoms with E-state index in [1.165, 1.54) is 0 Å². The van der Waals surface area contributed by atoms with Gasteiger partial charge in [-0.1, -0.05) is 35.9 Å². The summed E-state index contributed by atoms with van der Waals surface area (Å²) in [7, 11) is 0. The van der Waals surface area contributed by atoms with Crippen LogP contribution < -0.4 is 10.6 Å². The lowest BCUT2D eigenvalue weighted by Gasteiger charge is -2.08. The standard InChI is InChI=1S/C17H14N2O3/c1-10-5-7-11(8-6-10)9-14(20)18-13-4-2-3-12-15(13)17(22)19-16(12)21/h2-8H,9H2,1H3,(H,18,20)(H,19,21,22). The number of imide groups is 1. The summed E-state index contributed by atoms with van der Waals surface area (Å²) in [5, 5.41) is 4.93. The highest BCUT2D eigenvalue weighted by molar-refractivity contribution is 6.24. The number of anilines is 1. The number of amides is 3. The van der Waals surface area contributed by atoms with E-state index in [1.54, 1.807) is 18.2 Å². The van der Waals surface area contributed by atoms with Crippen molar-refractivity contribution in [2.45, 2.75) is 13.3 Å². The van der Waals surface area contributed by atoms with Crippen molar-refractivity contribution in [3.63, 3.8) is 0 Å². The Bertz CT molecular complexity index is 779. The number of rotatable bonds is 3. The van der Waals surface area contributed by atoms with Crippen LogP contribution in [0.2, 0.25) is 0 Å². The van der Waals surface area contributed by atoms with Crippen LogP contribution in [-0.4, -0.2) is 17.7 Å². The third kappa shape index (κ3) is 2.61. The van der Waals surface area contributed by atoms with Crippen molar-refractivity contribution in [1.29, 1.82) is 0 Å². The van der Waals surface area contributed by atoms with Gasteiger partial charge in [0.05, 0.1) is 23.2 Å². The molecule has 0 spiro atoms. The zero-order valence-electron chi connectivity index (χ0n) is 12.0. The molecule has 1 heterocycles. The highest BCUT2D eigenvalue weighted by Crippen LogP contribution is 2.24. The fourth-order valence-corrected chi connectivity index (χ4v) is 2.41. The maximum Gasteiger partial charge on any atom is 0.261 e. The topological polar surface area (TPSA) is 75.3 Å². The van der Waals surface area contributed by atoms with Gasteiger partial charge in [0.1, 0.15) is 0 Å². The molecule has 2 aromatic carbocycles. The maximum absolute atomic E-state index is 12.1. The molecule has 2 aromatic rings. The van der Waals surface area contributed by atoms with E-state index in [9.17, 15) is 14.4 Å². The van der Waals surface area contributed by atoms with Crippen LogP contribution >= 0.6 is 0 Å². The monoisotopic (exact) mass is 294 g/mol. The first-order valence-electron chi connectivity index (χ1n) is 6.88. The third-order valence-corrected chi connectivity index (χ3v) is 3.52. The summed E-state index contributed by atoms with van der Waals surface area (Å²) in [6.45, 7) is 1.98. The Kier molecular flexibility index (Phi) is 3.47. The van der Waals surface area contributed by atoms with Crippen LogP contribution in [0.25, 0.3) is 0 Å². The van der Waals surface area contributed by atoms with E-state index in [1.807, 2.05) is 31.2 Å². The lowest BCUT2D eigenvalue weighted by Crippen LogP contribution is -2.21. The van der Waals surface area contributed by atoms with Crippen LogP contribution in [0.5, 0.6) is 0 Å². The lowest BCUT2D eigenvalue weighted by molar-refractivity contribution is -0.115. The lowest BCUT2D eigenvalue weighted by atomic mass is 10.1. The largest absolute Gasteiger partial charge is 0.325 e. The first-order chi connectivity index (χ1) is 10.5. The Morgan fingerprint density at radius 3 is 2.50 bits per heavy atom. The molecule has 0 fully saturated rings. The fourth-order valence-electron chi connectivity index (χ4n) is 2.41. The second-order valence-electron chi connectivity index (χ2n) is 5.22. The SMILES string of the molecule is Cc1ccc(CC(=O)Nc2cccc3c2C(=O)NC3=O)cc1. The Hall–Kier alpha value is -2.95. The van der Waals surface area contributed by atoms with E-state index in [4.69, 9.17) is 0 Å². The average molecular weight is 294 g/mol. The summed E-state index contributed by atoms with van der Waals surface area (Å²) in [6.07, 6.45) is 0.208. The van der Waals surface area contributed by atoms with Crippen molar-refractivity contribution >= 4 is 23.4 Å². The number of carbonyl (C=O) groups excluding carboxylic acids is 3. The highest BCUT2D eigenvalue weighted by atomic mass is 16.2. The zero-order valence-corrected chi connectivity index (χ0v) is 12.0. The molecule has 0 atom stereocenters. The summed E-state index contributed by atoms with van der Waals surface area (Å²) < 4.78 is 0. The Balaban J connectivity index is 1.79. The molecule has 110 valence electrons. The number of nitrogens with one attached hydrogen (secondary N) is 2. The van der Waals surface area contributed by atoms with E-state index in [0.29, 0.717) is 5.69 Å². The van der Waals surface area contributed by atoms with Crippen LogP contribution in [0.4, 0.5) is 5.69 Å². The first kappa shape index (κ1) is 14.0. The van der Waals surface area contributed by atoms with Crippen LogP contribution in [0.3, 0.4) is 0 Å². The number of hydrogen-bond donors (Lipinski definition) is 2. The molecular weight excluding hydrogens is 280 g/mol. The second-order valence-corrected chi connectivity index (χ2v) is 5.22. The van der Waals surface area contributed by atoms with Gasteiger partial charge in [-0.25, -0.2) is 0 Å². The zero-order chi connectivity index (χ0) is 15.7. The smallest absolute Gasteiger partial charge is 0.261 e. The molecule has 0 aromatic heterocycles. The van der Waals surface area contributed by atoms with Gasteiger partial charge in [-0.05, 0) is 24.6 Å². The van der Waals surface area contributed by atoms with E-state index in [0.717, 1.165) is 11.1 Å². The Labute approximate surface area is 127 Å². The summed E-state index contributed by atoms with van der Waals surface area (Å²) in [4.78, 5) is 35.5. The normalized spacial score (nSPS) is 12.8. The van der Waals surface area contributed by atoms with Crippen molar-refractivity contribution in [3.8, 4) is 0 Å². The third-order valence-electron chi connectivity index (χ3n) is 3.52. The summed E-state index contributed by atoms with van der Waals surface area (Å²) in [5.74, 6) is -1.15. The van der Waals surface area contributed by atoms with E-state index >= 15 is 0 Å². The number of hydrogen-bond acceptors (Lipinski definition) is 3. The van der Waals surface area contributed by atoms with E-state index in [-0.39, 0.29) is 23.5 Å². The fraction of sp³-hybridized carbons (Fsp3) is 0.118. The molecule has 0 bridgehead atoms. The van der Waals surface area contributed by atoms with Crippen molar-refractivity contribution in [1.82, 2.24) is 5.32 Å². The molecule has 3 rings (SSSR count). The molecule has 0 saturated carbocycles. The molecule has 0 saturated heterocycles. The molecular formula is C17H14N2O3. The van der Waals surface area contributed by atoms with Gasteiger partial charge in [0.25, 0.3) is 11.8 Å². The van der Waals surface area contributed by atoms with Gasteiger partial charge in [-0.15, -0.1) is 0 Å². The van der Waals surface area contributed by atoms with Gasteiger partial charge in [-0.3, -0.25) is 19.7 Å². The van der Waals surface area contributed by atoms with Crippen molar-refractivity contribution in [3.05, 3.63) is 64.7 Å². The van der Waals surface area contributed by atoms with Crippen molar-refractivity contribution in [2.24, 2.45) is 0 Å². The molecule has 22 heavy (non-hydrogen) atoms. The van der Waals surface area contributed by atoms with E-state index in [2.05, 4.69) is 10.6 Å². The summed E-state index contributed by atoms with van der Waals surface area (Å²) in [5.41, 5.74) is 2.89. The van der Waals surface area contributed by atoms with Crippen molar-refractivity contribution in [2.75, 3.05) is 5.32 Å². The highest BCUT2D eigenvalue weighted by Gasteiger charge is 2.29. The van der Waals surface area contributed by atoms with Gasteiger partial charge in [0.15, 0.2) is 0 Å². The molecule has 0 radical (unpaired) electrons. The minimum atomic E-state index is -0.480. The molecule has 5 heteroatoms. The molecule has 2 N–H and O–H groups in total.